The molecule has 2 aromatic rings. The third kappa shape index (κ3) is 3.23. The topological polar surface area (TPSA) is 34.1 Å². The lowest BCUT2D eigenvalue weighted by Crippen LogP contribution is -2.03. The molecule has 4 heteroatoms. The second-order valence-electron chi connectivity index (χ2n) is 4.00. The number of nitrogens with zero attached hydrogens (tertiary/aromatic N) is 1. The minimum Gasteiger partial charge on any atom is -0.497 e. The molecule has 0 saturated heterocycles. The molecule has 0 amide bonds. The first-order valence-corrected chi connectivity index (χ1v) is 6.47. The maximum absolute atomic E-state index is 5.23. The Bertz CT molecular complexity index is 543. The van der Waals surface area contributed by atoms with E-state index in [9.17, 15) is 0 Å². The molecule has 0 aliphatic heterocycles. The minimum absolute atomic E-state index is 0.701. The highest BCUT2D eigenvalue weighted by molar-refractivity contribution is 9.10. The van der Waals surface area contributed by atoms with Gasteiger partial charge in [0.25, 0.3) is 0 Å². The van der Waals surface area contributed by atoms with Crippen LogP contribution < -0.4 is 10.1 Å². The Morgan fingerprint density at radius 1 is 1.33 bits per heavy atom. The summed E-state index contributed by atoms with van der Waals surface area (Å²) in [6.45, 7) is 2.76. The lowest BCUT2D eigenvalue weighted by Gasteiger charge is -2.10. The fraction of sp³-hybridized carbons (Fsp3) is 0.214. The summed E-state index contributed by atoms with van der Waals surface area (Å²) in [5, 5.41) is 3.34. The lowest BCUT2D eigenvalue weighted by molar-refractivity contribution is 0.414. The van der Waals surface area contributed by atoms with Gasteiger partial charge in [-0.3, -0.25) is 4.98 Å². The zero-order valence-electron chi connectivity index (χ0n) is 10.4. The number of halogens is 1. The number of ether oxygens (including phenoxy) is 1. The fourth-order valence-corrected chi connectivity index (χ4v) is 2.14. The minimum atomic E-state index is 0.701. The number of hydrogen-bond donors (Lipinski definition) is 1. The van der Waals surface area contributed by atoms with Gasteiger partial charge in [0.05, 0.1) is 19.3 Å². The summed E-state index contributed by atoms with van der Waals surface area (Å²) >= 11 is 3.46. The standard InChI is InChI=1S/C14H15BrN2O/c1-10-4-3-5-16-14(10)9-17-12-6-11(15)7-13(8-12)18-2/h3-8,17H,9H2,1-2H3. The van der Waals surface area contributed by atoms with Gasteiger partial charge in [0.1, 0.15) is 5.75 Å². The molecule has 1 N–H and O–H groups in total. The summed E-state index contributed by atoms with van der Waals surface area (Å²) < 4.78 is 6.21. The molecule has 1 aromatic carbocycles. The van der Waals surface area contributed by atoms with Gasteiger partial charge in [-0.25, -0.2) is 0 Å². The van der Waals surface area contributed by atoms with E-state index in [0.29, 0.717) is 6.54 Å². The predicted octanol–water partition coefficient (Wildman–Crippen LogP) is 3.77. The van der Waals surface area contributed by atoms with Crippen molar-refractivity contribution in [1.29, 1.82) is 0 Å². The molecular formula is C14H15BrN2O. The molecule has 0 aliphatic carbocycles. The monoisotopic (exact) mass is 306 g/mol. The van der Waals surface area contributed by atoms with Crippen LogP contribution in [0.4, 0.5) is 5.69 Å². The van der Waals surface area contributed by atoms with Crippen molar-refractivity contribution in [3.63, 3.8) is 0 Å². The molecule has 0 radical (unpaired) electrons. The van der Waals surface area contributed by atoms with Crippen LogP contribution in [-0.2, 0) is 6.54 Å². The first-order valence-electron chi connectivity index (χ1n) is 5.68. The molecule has 18 heavy (non-hydrogen) atoms. The Morgan fingerprint density at radius 2 is 2.17 bits per heavy atom. The smallest absolute Gasteiger partial charge is 0.122 e. The first kappa shape index (κ1) is 12.9. The largest absolute Gasteiger partial charge is 0.497 e. The Kier molecular flexibility index (Phi) is 4.20. The Hall–Kier alpha value is -1.55. The molecule has 2 rings (SSSR count). The molecule has 0 atom stereocenters. The van der Waals surface area contributed by atoms with Crippen LogP contribution in [0.2, 0.25) is 0 Å². The van der Waals surface area contributed by atoms with Crippen LogP contribution in [0, 0.1) is 6.92 Å². The van der Waals surface area contributed by atoms with Gasteiger partial charge in [-0.15, -0.1) is 0 Å². The Morgan fingerprint density at radius 3 is 2.89 bits per heavy atom. The molecule has 0 aliphatic rings. The van der Waals surface area contributed by atoms with Crippen molar-refractivity contribution in [3.05, 3.63) is 52.3 Å². The van der Waals surface area contributed by atoms with E-state index in [1.807, 2.05) is 30.5 Å². The highest BCUT2D eigenvalue weighted by atomic mass is 79.9. The lowest BCUT2D eigenvalue weighted by atomic mass is 10.2. The second-order valence-corrected chi connectivity index (χ2v) is 4.92. The fourth-order valence-electron chi connectivity index (χ4n) is 1.67. The van der Waals surface area contributed by atoms with E-state index in [-0.39, 0.29) is 0 Å². The van der Waals surface area contributed by atoms with Crippen molar-refractivity contribution in [3.8, 4) is 5.75 Å². The summed E-state index contributed by atoms with van der Waals surface area (Å²) in [6.07, 6.45) is 1.81. The maximum atomic E-state index is 5.23. The number of rotatable bonds is 4. The van der Waals surface area contributed by atoms with Crippen LogP contribution in [0.15, 0.2) is 41.0 Å². The van der Waals surface area contributed by atoms with E-state index >= 15 is 0 Å². The van der Waals surface area contributed by atoms with E-state index in [0.717, 1.165) is 21.6 Å². The van der Waals surface area contributed by atoms with Gasteiger partial charge in [-0.1, -0.05) is 22.0 Å². The number of anilines is 1. The quantitative estimate of drug-likeness (QED) is 0.933. The number of pyridine rings is 1. The third-order valence-corrected chi connectivity index (χ3v) is 3.14. The van der Waals surface area contributed by atoms with Gasteiger partial charge in [0, 0.05) is 22.4 Å². The molecule has 0 unspecified atom stereocenters. The van der Waals surface area contributed by atoms with Gasteiger partial charge in [-0.2, -0.15) is 0 Å². The van der Waals surface area contributed by atoms with E-state index in [1.54, 1.807) is 7.11 Å². The van der Waals surface area contributed by atoms with Crippen LogP contribution in [0.5, 0.6) is 5.75 Å². The van der Waals surface area contributed by atoms with E-state index in [1.165, 1.54) is 5.56 Å². The normalized spacial score (nSPS) is 10.2. The molecule has 0 spiro atoms. The average Bonchev–Trinajstić information content (AvgIpc) is 2.37. The molecule has 1 heterocycles. The zero-order chi connectivity index (χ0) is 13.0. The number of nitrogens with one attached hydrogen (secondary N) is 1. The van der Waals surface area contributed by atoms with Gasteiger partial charge in [0.15, 0.2) is 0 Å². The van der Waals surface area contributed by atoms with E-state index in [2.05, 4.69) is 39.2 Å². The van der Waals surface area contributed by atoms with Crippen molar-refractivity contribution in [2.75, 3.05) is 12.4 Å². The van der Waals surface area contributed by atoms with Crippen LogP contribution in [0.3, 0.4) is 0 Å². The Labute approximate surface area is 115 Å². The summed E-state index contributed by atoms with van der Waals surface area (Å²) in [5.74, 6) is 0.824. The first-order chi connectivity index (χ1) is 8.69. The molecule has 3 nitrogen and oxygen atoms in total. The van der Waals surface area contributed by atoms with Crippen LogP contribution >= 0.6 is 15.9 Å². The highest BCUT2D eigenvalue weighted by Crippen LogP contribution is 2.24. The molecule has 0 bridgehead atoms. The molecule has 0 fully saturated rings. The van der Waals surface area contributed by atoms with Gasteiger partial charge < -0.3 is 10.1 Å². The van der Waals surface area contributed by atoms with Crippen molar-refractivity contribution in [2.24, 2.45) is 0 Å². The number of aromatic nitrogens is 1. The van der Waals surface area contributed by atoms with Crippen LogP contribution in [0.1, 0.15) is 11.3 Å². The molecule has 1 aromatic heterocycles. The van der Waals surface area contributed by atoms with Crippen LogP contribution in [-0.4, -0.2) is 12.1 Å². The van der Waals surface area contributed by atoms with Crippen molar-refractivity contribution in [1.82, 2.24) is 4.98 Å². The number of benzene rings is 1. The van der Waals surface area contributed by atoms with Crippen molar-refractivity contribution < 1.29 is 4.74 Å². The third-order valence-electron chi connectivity index (χ3n) is 2.68. The SMILES string of the molecule is COc1cc(Br)cc(NCc2ncccc2C)c1. The van der Waals surface area contributed by atoms with E-state index < -0.39 is 0 Å². The van der Waals surface area contributed by atoms with Gasteiger partial charge >= 0.3 is 0 Å². The van der Waals surface area contributed by atoms with Gasteiger partial charge in [-0.05, 0) is 30.7 Å². The zero-order valence-corrected chi connectivity index (χ0v) is 12.0. The molecular weight excluding hydrogens is 292 g/mol. The second kappa shape index (κ2) is 5.87. The summed E-state index contributed by atoms with van der Waals surface area (Å²) in [4.78, 5) is 4.35. The number of hydrogen-bond acceptors (Lipinski definition) is 3. The predicted molar refractivity (Wildman–Crippen MR) is 77.0 cm³/mol. The summed E-state index contributed by atoms with van der Waals surface area (Å²) in [5.41, 5.74) is 3.25. The Balaban J connectivity index is 2.11. The van der Waals surface area contributed by atoms with Crippen molar-refractivity contribution >= 4 is 21.6 Å². The molecule has 0 saturated carbocycles. The average molecular weight is 307 g/mol. The number of aryl methyl sites for hydroxylation is 1. The van der Waals surface area contributed by atoms with Gasteiger partial charge in [0.2, 0.25) is 0 Å². The summed E-state index contributed by atoms with van der Waals surface area (Å²) in [7, 11) is 1.66. The number of methoxy groups -OCH3 is 1. The highest BCUT2D eigenvalue weighted by Gasteiger charge is 2.02. The molecule has 94 valence electrons. The van der Waals surface area contributed by atoms with Crippen molar-refractivity contribution in [2.45, 2.75) is 13.5 Å². The van der Waals surface area contributed by atoms with Crippen LogP contribution in [0.25, 0.3) is 0 Å². The maximum Gasteiger partial charge on any atom is 0.122 e. The summed E-state index contributed by atoms with van der Waals surface area (Å²) in [6, 6.07) is 9.91. The van der Waals surface area contributed by atoms with E-state index in [4.69, 9.17) is 4.74 Å².